The third-order valence-electron chi connectivity index (χ3n) is 3.33. The molecular formula is C16H14ClFO2. The Kier molecular flexibility index (Phi) is 4.40. The maximum atomic E-state index is 13.9. The molecule has 0 radical (unpaired) electrons. The molecule has 104 valence electrons. The lowest BCUT2D eigenvalue weighted by atomic mass is 9.90. The predicted octanol–water partition coefficient (Wildman–Crippen LogP) is 4.20. The summed E-state index contributed by atoms with van der Waals surface area (Å²) in [6, 6.07) is 11.7. The summed E-state index contributed by atoms with van der Waals surface area (Å²) in [5, 5.41) is 9.55. The second-order valence-electron chi connectivity index (χ2n) is 4.66. The van der Waals surface area contributed by atoms with Crippen LogP contribution >= 0.6 is 11.6 Å². The molecule has 0 aliphatic heterocycles. The second kappa shape index (κ2) is 6.06. The summed E-state index contributed by atoms with van der Waals surface area (Å²) in [4.78, 5) is 11.5. The predicted molar refractivity (Wildman–Crippen MR) is 76.7 cm³/mol. The molecule has 0 fully saturated rings. The number of halogens is 2. The molecule has 1 N–H and O–H groups in total. The van der Waals surface area contributed by atoms with E-state index in [0.29, 0.717) is 0 Å². The molecule has 0 saturated carbocycles. The average molecular weight is 293 g/mol. The van der Waals surface area contributed by atoms with Gasteiger partial charge in [0.15, 0.2) is 0 Å². The first-order valence-corrected chi connectivity index (χ1v) is 6.59. The number of carboxylic acid groups (broad SMARTS) is 1. The zero-order valence-corrected chi connectivity index (χ0v) is 11.7. The Morgan fingerprint density at radius 3 is 2.55 bits per heavy atom. The summed E-state index contributed by atoms with van der Waals surface area (Å²) in [6.45, 7) is 1.90. The minimum atomic E-state index is -1.08. The zero-order valence-electron chi connectivity index (χ0n) is 10.9. The van der Waals surface area contributed by atoms with Crippen LogP contribution in [0.25, 0.3) is 0 Å². The van der Waals surface area contributed by atoms with Crippen LogP contribution in [0, 0.1) is 12.7 Å². The number of hydrogen-bond donors (Lipinski definition) is 1. The fourth-order valence-corrected chi connectivity index (χ4v) is 2.51. The van der Waals surface area contributed by atoms with Crippen molar-refractivity contribution in [2.45, 2.75) is 19.3 Å². The minimum absolute atomic E-state index is 0.0462. The van der Waals surface area contributed by atoms with Crippen molar-refractivity contribution in [3.05, 3.63) is 70.0 Å². The van der Waals surface area contributed by atoms with Crippen LogP contribution in [0.1, 0.15) is 22.6 Å². The smallest absolute Gasteiger partial charge is 0.311 e. The molecule has 0 amide bonds. The van der Waals surface area contributed by atoms with Crippen LogP contribution in [0.4, 0.5) is 4.39 Å². The lowest BCUT2D eigenvalue weighted by molar-refractivity contribution is -0.138. The number of aliphatic carboxylic acids is 1. The van der Waals surface area contributed by atoms with Crippen LogP contribution in [0.2, 0.25) is 5.02 Å². The van der Waals surface area contributed by atoms with Gasteiger partial charge in [-0.1, -0.05) is 41.9 Å². The average Bonchev–Trinajstić information content (AvgIpc) is 2.39. The first kappa shape index (κ1) is 14.5. The van der Waals surface area contributed by atoms with Crippen LogP contribution in [-0.4, -0.2) is 11.1 Å². The molecule has 1 atom stereocenters. The van der Waals surface area contributed by atoms with E-state index in [1.165, 1.54) is 18.2 Å². The van der Waals surface area contributed by atoms with E-state index < -0.39 is 17.7 Å². The van der Waals surface area contributed by atoms with Gasteiger partial charge in [0.05, 0.1) is 5.92 Å². The summed E-state index contributed by atoms with van der Waals surface area (Å²) >= 11 is 5.97. The minimum Gasteiger partial charge on any atom is -0.481 e. The Bertz CT molecular complexity index is 620. The Morgan fingerprint density at radius 2 is 1.95 bits per heavy atom. The molecular weight excluding hydrogens is 279 g/mol. The van der Waals surface area contributed by atoms with Crippen molar-refractivity contribution in [1.29, 1.82) is 0 Å². The maximum Gasteiger partial charge on any atom is 0.311 e. The first-order valence-electron chi connectivity index (χ1n) is 6.22. The van der Waals surface area contributed by atoms with Crippen molar-refractivity contribution in [3.8, 4) is 0 Å². The van der Waals surface area contributed by atoms with E-state index in [1.54, 1.807) is 0 Å². The van der Waals surface area contributed by atoms with Crippen LogP contribution in [-0.2, 0) is 11.2 Å². The maximum absolute atomic E-state index is 13.9. The van der Waals surface area contributed by atoms with E-state index in [-0.39, 0.29) is 17.0 Å². The molecule has 2 nitrogen and oxygen atoms in total. The van der Waals surface area contributed by atoms with Crippen molar-refractivity contribution >= 4 is 17.6 Å². The standard InChI is InChI=1S/C16H14ClFO2/c1-10-5-2-3-6-11(10)9-12(16(19)20)15-13(17)7-4-8-14(15)18/h2-8,12H,9H2,1H3,(H,19,20). The number of carboxylic acids is 1. The van der Waals surface area contributed by atoms with Gasteiger partial charge in [0.2, 0.25) is 0 Å². The molecule has 0 saturated heterocycles. The van der Waals surface area contributed by atoms with Crippen molar-refractivity contribution in [1.82, 2.24) is 0 Å². The molecule has 4 heteroatoms. The van der Waals surface area contributed by atoms with Gasteiger partial charge in [0.25, 0.3) is 0 Å². The summed E-state index contributed by atoms with van der Waals surface area (Å²) in [6.07, 6.45) is 0.211. The van der Waals surface area contributed by atoms with Gasteiger partial charge in [0, 0.05) is 10.6 Å². The molecule has 0 aliphatic carbocycles. The summed E-state index contributed by atoms with van der Waals surface area (Å²) in [5.74, 6) is -2.66. The lowest BCUT2D eigenvalue weighted by Crippen LogP contribution is -2.17. The van der Waals surface area contributed by atoms with E-state index in [0.717, 1.165) is 11.1 Å². The van der Waals surface area contributed by atoms with Gasteiger partial charge in [0.1, 0.15) is 5.82 Å². The fraction of sp³-hybridized carbons (Fsp3) is 0.188. The Morgan fingerprint density at radius 1 is 1.25 bits per heavy atom. The summed E-state index contributed by atoms with van der Waals surface area (Å²) in [5.41, 5.74) is 1.90. The van der Waals surface area contributed by atoms with Gasteiger partial charge < -0.3 is 5.11 Å². The third-order valence-corrected chi connectivity index (χ3v) is 3.66. The van der Waals surface area contributed by atoms with E-state index in [9.17, 15) is 14.3 Å². The molecule has 2 aromatic rings. The van der Waals surface area contributed by atoms with Crippen LogP contribution < -0.4 is 0 Å². The monoisotopic (exact) mass is 292 g/mol. The van der Waals surface area contributed by atoms with Crippen LogP contribution in [0.3, 0.4) is 0 Å². The third kappa shape index (κ3) is 2.99. The Hall–Kier alpha value is -1.87. The lowest BCUT2D eigenvalue weighted by Gasteiger charge is -2.16. The molecule has 0 aromatic heterocycles. The first-order chi connectivity index (χ1) is 9.50. The number of aryl methyl sites for hydroxylation is 1. The molecule has 2 aromatic carbocycles. The summed E-state index contributed by atoms with van der Waals surface area (Å²) < 4.78 is 13.9. The highest BCUT2D eigenvalue weighted by molar-refractivity contribution is 6.31. The van der Waals surface area contributed by atoms with Gasteiger partial charge >= 0.3 is 5.97 Å². The molecule has 0 heterocycles. The summed E-state index contributed by atoms with van der Waals surface area (Å²) in [7, 11) is 0. The highest BCUT2D eigenvalue weighted by Gasteiger charge is 2.26. The number of carbonyl (C=O) groups is 1. The van der Waals surface area contributed by atoms with Crippen LogP contribution in [0.15, 0.2) is 42.5 Å². The number of hydrogen-bond acceptors (Lipinski definition) is 1. The SMILES string of the molecule is Cc1ccccc1CC(C(=O)O)c1c(F)cccc1Cl. The second-order valence-corrected chi connectivity index (χ2v) is 5.06. The number of rotatable bonds is 4. The topological polar surface area (TPSA) is 37.3 Å². The van der Waals surface area contributed by atoms with Gasteiger partial charge in [-0.25, -0.2) is 4.39 Å². The molecule has 0 bridgehead atoms. The van der Waals surface area contributed by atoms with Crippen molar-refractivity contribution in [2.75, 3.05) is 0 Å². The quantitative estimate of drug-likeness (QED) is 0.917. The van der Waals surface area contributed by atoms with Crippen molar-refractivity contribution < 1.29 is 14.3 Å². The van der Waals surface area contributed by atoms with E-state index in [4.69, 9.17) is 11.6 Å². The van der Waals surface area contributed by atoms with Crippen LogP contribution in [0.5, 0.6) is 0 Å². The normalized spacial score (nSPS) is 12.2. The van der Waals surface area contributed by atoms with Gasteiger partial charge in [-0.3, -0.25) is 4.79 Å². The van der Waals surface area contributed by atoms with E-state index in [1.807, 2.05) is 31.2 Å². The van der Waals surface area contributed by atoms with Crippen molar-refractivity contribution in [2.24, 2.45) is 0 Å². The van der Waals surface area contributed by atoms with E-state index >= 15 is 0 Å². The fourth-order valence-electron chi connectivity index (χ4n) is 2.22. The van der Waals surface area contributed by atoms with Gasteiger partial charge in [-0.2, -0.15) is 0 Å². The van der Waals surface area contributed by atoms with Crippen molar-refractivity contribution in [3.63, 3.8) is 0 Å². The zero-order chi connectivity index (χ0) is 14.7. The van der Waals surface area contributed by atoms with Gasteiger partial charge in [-0.05, 0) is 36.6 Å². The highest BCUT2D eigenvalue weighted by Crippen LogP contribution is 2.31. The number of benzene rings is 2. The highest BCUT2D eigenvalue weighted by atomic mass is 35.5. The van der Waals surface area contributed by atoms with E-state index in [2.05, 4.69) is 0 Å². The molecule has 0 spiro atoms. The largest absolute Gasteiger partial charge is 0.481 e. The molecule has 20 heavy (non-hydrogen) atoms. The Labute approximate surface area is 121 Å². The van der Waals surface area contributed by atoms with Gasteiger partial charge in [-0.15, -0.1) is 0 Å². The molecule has 0 aliphatic rings. The molecule has 2 rings (SSSR count). The molecule has 1 unspecified atom stereocenters. The Balaban J connectivity index is 2.43.